The number of urea groups is 1. The standard InChI is InChI=1S/C21H25ClN4O4/c1-14-18(19(22)26(25-14)12-15-8-4-2-5-9-15)20(28)30-13-17(27)24-21(29)23-16-10-6-3-7-11-16/h2,4-5,8-9,16H,3,6-7,10-13H2,1H3,(H2,23,24,27,29). The van der Waals surface area contributed by atoms with Gasteiger partial charge in [0.25, 0.3) is 5.91 Å². The second-order valence-electron chi connectivity index (χ2n) is 7.33. The van der Waals surface area contributed by atoms with Crippen LogP contribution in [0.5, 0.6) is 0 Å². The minimum absolute atomic E-state index is 0.0750. The van der Waals surface area contributed by atoms with Crippen LogP contribution in [0.1, 0.15) is 53.7 Å². The highest BCUT2D eigenvalue weighted by atomic mass is 35.5. The van der Waals surface area contributed by atoms with Crippen molar-refractivity contribution < 1.29 is 19.1 Å². The van der Waals surface area contributed by atoms with Crippen LogP contribution in [-0.4, -0.2) is 40.3 Å². The number of nitrogens with one attached hydrogen (secondary N) is 2. The summed E-state index contributed by atoms with van der Waals surface area (Å²) < 4.78 is 6.54. The number of esters is 1. The number of halogens is 1. The Morgan fingerprint density at radius 2 is 1.87 bits per heavy atom. The predicted molar refractivity (Wildman–Crippen MR) is 111 cm³/mol. The topological polar surface area (TPSA) is 102 Å². The number of nitrogens with zero attached hydrogens (tertiary/aromatic N) is 2. The van der Waals surface area contributed by atoms with Crippen LogP contribution in [-0.2, 0) is 16.1 Å². The minimum Gasteiger partial charge on any atom is -0.452 e. The molecule has 2 aromatic rings. The highest BCUT2D eigenvalue weighted by Gasteiger charge is 2.23. The molecule has 0 atom stereocenters. The largest absolute Gasteiger partial charge is 0.452 e. The molecule has 8 nitrogen and oxygen atoms in total. The Labute approximate surface area is 179 Å². The van der Waals surface area contributed by atoms with Crippen LogP contribution in [0.2, 0.25) is 5.15 Å². The number of hydrogen-bond donors (Lipinski definition) is 2. The van der Waals surface area contributed by atoms with Crippen LogP contribution in [0, 0.1) is 6.92 Å². The van der Waals surface area contributed by atoms with E-state index >= 15 is 0 Å². The van der Waals surface area contributed by atoms with Crippen molar-refractivity contribution in [3.05, 3.63) is 52.3 Å². The van der Waals surface area contributed by atoms with Gasteiger partial charge in [-0.05, 0) is 25.3 Å². The maximum absolute atomic E-state index is 12.4. The maximum Gasteiger partial charge on any atom is 0.343 e. The minimum atomic E-state index is -0.764. The second kappa shape index (κ2) is 10.2. The summed E-state index contributed by atoms with van der Waals surface area (Å²) in [5, 5.41) is 9.37. The van der Waals surface area contributed by atoms with Gasteiger partial charge in [0.05, 0.1) is 12.2 Å². The number of carbonyl (C=O) groups is 3. The highest BCUT2D eigenvalue weighted by Crippen LogP contribution is 2.22. The number of ether oxygens (including phenoxy) is 1. The molecular formula is C21H25ClN4O4. The molecule has 0 aliphatic heterocycles. The Bertz CT molecular complexity index is 907. The van der Waals surface area contributed by atoms with Gasteiger partial charge in [0.1, 0.15) is 10.7 Å². The smallest absolute Gasteiger partial charge is 0.343 e. The van der Waals surface area contributed by atoms with E-state index in [0.717, 1.165) is 31.2 Å². The SMILES string of the molecule is Cc1nn(Cc2ccccc2)c(Cl)c1C(=O)OCC(=O)NC(=O)NC1CCCCC1. The molecule has 0 spiro atoms. The summed E-state index contributed by atoms with van der Waals surface area (Å²) >= 11 is 6.32. The number of aryl methyl sites for hydroxylation is 1. The number of imide groups is 1. The first-order valence-electron chi connectivity index (χ1n) is 9.98. The average molecular weight is 433 g/mol. The van der Waals surface area contributed by atoms with Gasteiger partial charge in [0.2, 0.25) is 0 Å². The van der Waals surface area contributed by atoms with E-state index < -0.39 is 24.5 Å². The normalized spacial score (nSPS) is 14.2. The van der Waals surface area contributed by atoms with Crippen molar-refractivity contribution in [2.45, 2.75) is 51.6 Å². The van der Waals surface area contributed by atoms with E-state index in [1.54, 1.807) is 6.92 Å². The third-order valence-corrected chi connectivity index (χ3v) is 5.36. The second-order valence-corrected chi connectivity index (χ2v) is 7.69. The fourth-order valence-electron chi connectivity index (χ4n) is 3.48. The fraction of sp³-hybridized carbons (Fsp3) is 0.429. The molecule has 3 amide bonds. The van der Waals surface area contributed by atoms with Crippen molar-refractivity contribution in [2.75, 3.05) is 6.61 Å². The van der Waals surface area contributed by atoms with Crippen LogP contribution in [0.15, 0.2) is 30.3 Å². The van der Waals surface area contributed by atoms with Crippen LogP contribution in [0.4, 0.5) is 4.79 Å². The van der Waals surface area contributed by atoms with Gasteiger partial charge < -0.3 is 10.1 Å². The van der Waals surface area contributed by atoms with E-state index in [-0.39, 0.29) is 16.8 Å². The molecule has 3 rings (SSSR count). The average Bonchev–Trinajstić information content (AvgIpc) is 3.00. The zero-order valence-corrected chi connectivity index (χ0v) is 17.6. The van der Waals surface area contributed by atoms with E-state index in [4.69, 9.17) is 16.3 Å². The quantitative estimate of drug-likeness (QED) is 0.682. The Morgan fingerprint density at radius 1 is 1.17 bits per heavy atom. The molecule has 1 heterocycles. The van der Waals surface area contributed by atoms with E-state index in [9.17, 15) is 14.4 Å². The number of benzene rings is 1. The van der Waals surface area contributed by atoms with Crippen LogP contribution >= 0.6 is 11.6 Å². The lowest BCUT2D eigenvalue weighted by atomic mass is 9.96. The molecule has 1 aliphatic rings. The summed E-state index contributed by atoms with van der Waals surface area (Å²) in [6, 6.07) is 9.05. The van der Waals surface area contributed by atoms with E-state index in [1.165, 1.54) is 11.1 Å². The summed E-state index contributed by atoms with van der Waals surface area (Å²) in [5.74, 6) is -1.47. The molecular weight excluding hydrogens is 408 g/mol. The maximum atomic E-state index is 12.4. The van der Waals surface area contributed by atoms with Crippen LogP contribution in [0.3, 0.4) is 0 Å². The lowest BCUT2D eigenvalue weighted by Crippen LogP contribution is -2.46. The van der Waals surface area contributed by atoms with E-state index in [2.05, 4.69) is 15.7 Å². The van der Waals surface area contributed by atoms with Crippen molar-refractivity contribution >= 4 is 29.5 Å². The number of hydrogen-bond acceptors (Lipinski definition) is 5. The Hall–Kier alpha value is -2.87. The zero-order valence-electron chi connectivity index (χ0n) is 16.8. The third kappa shape index (κ3) is 5.82. The van der Waals surface area contributed by atoms with Crippen molar-refractivity contribution in [2.24, 2.45) is 0 Å². The van der Waals surface area contributed by atoms with Crippen molar-refractivity contribution in [1.29, 1.82) is 0 Å². The van der Waals surface area contributed by atoms with Gasteiger partial charge in [-0.15, -0.1) is 0 Å². The monoisotopic (exact) mass is 432 g/mol. The molecule has 0 unspecified atom stereocenters. The molecule has 1 aromatic heterocycles. The molecule has 0 radical (unpaired) electrons. The fourth-order valence-corrected chi connectivity index (χ4v) is 3.79. The first kappa shape index (κ1) is 21.8. The molecule has 0 bridgehead atoms. The molecule has 2 N–H and O–H groups in total. The Balaban J connectivity index is 1.51. The van der Waals surface area contributed by atoms with Crippen molar-refractivity contribution in [3.8, 4) is 0 Å². The van der Waals surface area contributed by atoms with Gasteiger partial charge >= 0.3 is 12.0 Å². The lowest BCUT2D eigenvalue weighted by molar-refractivity contribution is -0.123. The number of aromatic nitrogens is 2. The summed E-state index contributed by atoms with van der Waals surface area (Å²) in [5.41, 5.74) is 1.48. The van der Waals surface area contributed by atoms with Gasteiger partial charge in [0.15, 0.2) is 6.61 Å². The predicted octanol–water partition coefficient (Wildman–Crippen LogP) is 3.21. The highest BCUT2D eigenvalue weighted by molar-refractivity contribution is 6.32. The van der Waals surface area contributed by atoms with Gasteiger partial charge in [0, 0.05) is 6.04 Å². The molecule has 30 heavy (non-hydrogen) atoms. The molecule has 160 valence electrons. The van der Waals surface area contributed by atoms with Crippen LogP contribution in [0.25, 0.3) is 0 Å². The zero-order chi connectivity index (χ0) is 21.5. The molecule has 1 aliphatic carbocycles. The summed E-state index contributed by atoms with van der Waals surface area (Å²) in [4.78, 5) is 36.3. The Kier molecular flexibility index (Phi) is 7.46. The van der Waals surface area contributed by atoms with E-state index in [0.29, 0.717) is 12.2 Å². The number of rotatable bonds is 6. The van der Waals surface area contributed by atoms with Gasteiger partial charge in [-0.1, -0.05) is 61.2 Å². The number of carbonyl (C=O) groups excluding carboxylic acids is 3. The summed E-state index contributed by atoms with van der Waals surface area (Å²) in [7, 11) is 0. The molecule has 9 heteroatoms. The van der Waals surface area contributed by atoms with Gasteiger partial charge in [-0.3, -0.25) is 10.1 Å². The van der Waals surface area contributed by atoms with E-state index in [1.807, 2.05) is 30.3 Å². The molecule has 1 fully saturated rings. The summed E-state index contributed by atoms with van der Waals surface area (Å²) in [6.07, 6.45) is 5.10. The number of amides is 3. The molecule has 1 aromatic carbocycles. The lowest BCUT2D eigenvalue weighted by Gasteiger charge is -2.22. The summed E-state index contributed by atoms with van der Waals surface area (Å²) in [6.45, 7) is 1.45. The first-order chi connectivity index (χ1) is 14.4. The van der Waals surface area contributed by atoms with Crippen molar-refractivity contribution in [1.82, 2.24) is 20.4 Å². The van der Waals surface area contributed by atoms with Gasteiger partial charge in [-0.2, -0.15) is 5.10 Å². The van der Waals surface area contributed by atoms with Crippen LogP contribution < -0.4 is 10.6 Å². The molecule has 1 saturated carbocycles. The first-order valence-corrected chi connectivity index (χ1v) is 10.4. The Morgan fingerprint density at radius 3 is 2.57 bits per heavy atom. The van der Waals surface area contributed by atoms with Crippen molar-refractivity contribution in [3.63, 3.8) is 0 Å². The third-order valence-electron chi connectivity index (χ3n) is 4.97. The molecule has 0 saturated heterocycles. The van der Waals surface area contributed by atoms with Gasteiger partial charge in [-0.25, -0.2) is 14.3 Å².